The van der Waals surface area contributed by atoms with Gasteiger partial charge in [-0.25, -0.2) is 9.67 Å². The lowest BCUT2D eigenvalue weighted by molar-refractivity contribution is 0.538. The van der Waals surface area contributed by atoms with Crippen molar-refractivity contribution >= 4 is 45.9 Å². The van der Waals surface area contributed by atoms with Gasteiger partial charge < -0.3 is 10.2 Å². The van der Waals surface area contributed by atoms with E-state index >= 15 is 0 Å². The van der Waals surface area contributed by atoms with E-state index in [0.29, 0.717) is 5.95 Å². The number of aromatic nitrogens is 6. The van der Waals surface area contributed by atoms with Crippen molar-refractivity contribution in [3.05, 3.63) is 34.4 Å². The Balaban J connectivity index is 1.64. The number of nitrogens with one attached hydrogen (secondary N) is 1. The minimum atomic E-state index is 0.557. The van der Waals surface area contributed by atoms with E-state index in [1.807, 2.05) is 24.0 Å². The first-order chi connectivity index (χ1) is 11.2. The average molecular weight is 422 g/mol. The fourth-order valence-corrected chi connectivity index (χ4v) is 3.20. The largest absolute Gasteiger partial charge is 0.321 e. The van der Waals surface area contributed by atoms with Gasteiger partial charge in [-0.2, -0.15) is 15.2 Å². The van der Waals surface area contributed by atoms with E-state index < -0.39 is 0 Å². The molecule has 1 N–H and O–H groups in total. The lowest BCUT2D eigenvalue weighted by Gasteiger charge is -2.28. The SMILES string of the molecule is Cn1cc(Nc2nccc(N3CCCn4nc(I)cc43)n2)cn1. The maximum atomic E-state index is 4.63. The number of rotatable bonds is 3. The third kappa shape index (κ3) is 2.87. The molecule has 0 amide bonds. The normalized spacial score (nSPS) is 13.9. The number of hydrogen-bond acceptors (Lipinski definition) is 6. The molecule has 0 unspecified atom stereocenters. The van der Waals surface area contributed by atoms with Crippen molar-refractivity contribution in [1.29, 1.82) is 0 Å². The number of anilines is 4. The maximum absolute atomic E-state index is 4.63. The van der Waals surface area contributed by atoms with Crippen molar-refractivity contribution in [3.63, 3.8) is 0 Å². The van der Waals surface area contributed by atoms with Crippen LogP contribution in [0.1, 0.15) is 6.42 Å². The van der Waals surface area contributed by atoms with Gasteiger partial charge in [0.1, 0.15) is 15.3 Å². The topological polar surface area (TPSA) is 76.7 Å². The van der Waals surface area contributed by atoms with E-state index in [4.69, 9.17) is 0 Å². The first kappa shape index (κ1) is 14.4. The van der Waals surface area contributed by atoms with Crippen LogP contribution in [0.2, 0.25) is 0 Å². The van der Waals surface area contributed by atoms with Crippen LogP contribution in [0.5, 0.6) is 0 Å². The van der Waals surface area contributed by atoms with Gasteiger partial charge in [-0.15, -0.1) is 0 Å². The lowest BCUT2D eigenvalue weighted by Crippen LogP contribution is -2.28. The Hall–Kier alpha value is -2.17. The third-order valence-corrected chi connectivity index (χ3v) is 4.16. The Labute approximate surface area is 146 Å². The molecule has 0 aromatic carbocycles. The fourth-order valence-electron chi connectivity index (χ4n) is 2.66. The zero-order valence-electron chi connectivity index (χ0n) is 12.5. The second-order valence-corrected chi connectivity index (χ2v) is 6.42. The van der Waals surface area contributed by atoms with E-state index in [9.17, 15) is 0 Å². The zero-order valence-corrected chi connectivity index (χ0v) is 14.7. The highest BCUT2D eigenvalue weighted by molar-refractivity contribution is 14.1. The summed E-state index contributed by atoms with van der Waals surface area (Å²) in [5.41, 5.74) is 0.864. The summed E-state index contributed by atoms with van der Waals surface area (Å²) >= 11 is 2.24. The highest BCUT2D eigenvalue weighted by Gasteiger charge is 2.21. The molecule has 23 heavy (non-hydrogen) atoms. The Morgan fingerprint density at radius 3 is 3.04 bits per heavy atom. The van der Waals surface area contributed by atoms with E-state index in [1.165, 1.54) is 0 Å². The molecule has 118 valence electrons. The van der Waals surface area contributed by atoms with Crippen LogP contribution < -0.4 is 10.2 Å². The standard InChI is InChI=1S/C14H15IN8/c1-21-9-10(8-17-21)18-14-16-4-3-12(19-14)22-5-2-6-23-13(22)7-11(15)20-23/h3-4,7-9H,2,5-6H2,1H3,(H,16,18,19). The molecule has 0 bridgehead atoms. The summed E-state index contributed by atoms with van der Waals surface area (Å²) in [6.07, 6.45) is 6.43. The van der Waals surface area contributed by atoms with Gasteiger partial charge in [0.25, 0.3) is 0 Å². The Kier molecular flexibility index (Phi) is 3.63. The quantitative estimate of drug-likeness (QED) is 0.653. The smallest absolute Gasteiger partial charge is 0.229 e. The molecule has 4 rings (SSSR count). The molecule has 0 atom stereocenters. The van der Waals surface area contributed by atoms with Gasteiger partial charge in [0.15, 0.2) is 0 Å². The van der Waals surface area contributed by atoms with Crippen molar-refractivity contribution in [2.75, 3.05) is 16.8 Å². The van der Waals surface area contributed by atoms with Crippen LogP contribution >= 0.6 is 22.6 Å². The summed E-state index contributed by atoms with van der Waals surface area (Å²) in [6.45, 7) is 1.87. The van der Waals surface area contributed by atoms with E-state index in [2.05, 4.69) is 59.0 Å². The molecular formula is C14H15IN8. The van der Waals surface area contributed by atoms with Gasteiger partial charge in [0.2, 0.25) is 5.95 Å². The van der Waals surface area contributed by atoms with Crippen LogP contribution in [0.4, 0.5) is 23.3 Å². The molecule has 0 aliphatic carbocycles. The third-order valence-electron chi connectivity index (χ3n) is 3.64. The fraction of sp³-hybridized carbons (Fsp3) is 0.286. The predicted molar refractivity (Wildman–Crippen MR) is 95.1 cm³/mol. The first-order valence-corrected chi connectivity index (χ1v) is 8.36. The molecular weight excluding hydrogens is 407 g/mol. The summed E-state index contributed by atoms with van der Waals surface area (Å²) in [5, 5.41) is 11.8. The van der Waals surface area contributed by atoms with Gasteiger partial charge in [0, 0.05) is 38.6 Å². The number of nitrogens with zero attached hydrogens (tertiary/aromatic N) is 7. The van der Waals surface area contributed by atoms with Crippen LogP contribution in [-0.4, -0.2) is 36.1 Å². The molecule has 0 spiro atoms. The molecule has 3 aromatic heterocycles. The molecule has 4 heterocycles. The van der Waals surface area contributed by atoms with Crippen molar-refractivity contribution in [2.45, 2.75) is 13.0 Å². The van der Waals surface area contributed by atoms with Gasteiger partial charge in [-0.05, 0) is 35.1 Å². The Bertz CT molecular complexity index is 839. The molecule has 1 aliphatic heterocycles. The van der Waals surface area contributed by atoms with Gasteiger partial charge >= 0.3 is 0 Å². The minimum absolute atomic E-state index is 0.557. The lowest BCUT2D eigenvalue weighted by atomic mass is 10.3. The zero-order chi connectivity index (χ0) is 15.8. The second-order valence-electron chi connectivity index (χ2n) is 5.32. The van der Waals surface area contributed by atoms with Gasteiger partial charge in [-0.1, -0.05) is 0 Å². The molecule has 0 saturated carbocycles. The van der Waals surface area contributed by atoms with Crippen molar-refractivity contribution < 1.29 is 0 Å². The second kappa shape index (κ2) is 5.80. The van der Waals surface area contributed by atoms with Gasteiger partial charge in [-0.3, -0.25) is 4.68 Å². The molecule has 0 saturated heterocycles. The van der Waals surface area contributed by atoms with Crippen LogP contribution in [0, 0.1) is 3.70 Å². The minimum Gasteiger partial charge on any atom is -0.321 e. The van der Waals surface area contributed by atoms with E-state index in [1.54, 1.807) is 17.1 Å². The monoisotopic (exact) mass is 422 g/mol. The number of fused-ring (bicyclic) bond motifs is 1. The maximum Gasteiger partial charge on any atom is 0.229 e. The molecule has 9 heteroatoms. The molecule has 1 aliphatic rings. The van der Waals surface area contributed by atoms with Crippen LogP contribution in [-0.2, 0) is 13.6 Å². The Morgan fingerprint density at radius 1 is 1.30 bits per heavy atom. The molecule has 0 radical (unpaired) electrons. The highest BCUT2D eigenvalue weighted by Crippen LogP contribution is 2.29. The predicted octanol–water partition coefficient (Wildman–Crippen LogP) is 2.30. The first-order valence-electron chi connectivity index (χ1n) is 7.29. The Morgan fingerprint density at radius 2 is 2.22 bits per heavy atom. The average Bonchev–Trinajstić information content (AvgIpc) is 3.11. The number of hydrogen-bond donors (Lipinski definition) is 1. The van der Waals surface area contributed by atoms with Crippen molar-refractivity contribution in [2.24, 2.45) is 7.05 Å². The molecule has 3 aromatic rings. The summed E-state index contributed by atoms with van der Waals surface area (Å²) in [5.74, 6) is 2.50. The van der Waals surface area contributed by atoms with Crippen LogP contribution in [0.25, 0.3) is 0 Å². The van der Waals surface area contributed by atoms with E-state index in [0.717, 1.165) is 40.5 Å². The van der Waals surface area contributed by atoms with E-state index in [-0.39, 0.29) is 0 Å². The highest BCUT2D eigenvalue weighted by atomic mass is 127. The van der Waals surface area contributed by atoms with Gasteiger partial charge in [0.05, 0.1) is 11.9 Å². The van der Waals surface area contributed by atoms with Crippen molar-refractivity contribution in [3.8, 4) is 0 Å². The summed E-state index contributed by atoms with van der Waals surface area (Å²) in [7, 11) is 1.87. The summed E-state index contributed by atoms with van der Waals surface area (Å²) in [4.78, 5) is 11.1. The summed E-state index contributed by atoms with van der Waals surface area (Å²) in [6, 6.07) is 4.00. The number of aryl methyl sites for hydroxylation is 2. The molecule has 8 nitrogen and oxygen atoms in total. The van der Waals surface area contributed by atoms with Crippen LogP contribution in [0.3, 0.4) is 0 Å². The summed E-state index contributed by atoms with van der Waals surface area (Å²) < 4.78 is 4.76. The van der Waals surface area contributed by atoms with Crippen molar-refractivity contribution in [1.82, 2.24) is 29.5 Å². The van der Waals surface area contributed by atoms with Crippen LogP contribution in [0.15, 0.2) is 30.7 Å². The molecule has 0 fully saturated rings. The number of halogens is 1.